The predicted molar refractivity (Wildman–Crippen MR) is 87.8 cm³/mol. The summed E-state index contributed by atoms with van der Waals surface area (Å²) >= 11 is 3.41. The molecule has 1 N–H and O–H groups in total. The summed E-state index contributed by atoms with van der Waals surface area (Å²) in [5.74, 6) is -0.114. The summed E-state index contributed by atoms with van der Waals surface area (Å²) in [5, 5.41) is 7.48. The Morgan fingerprint density at radius 2 is 2.10 bits per heavy atom. The number of nitrogens with zero attached hydrogens (tertiary/aromatic N) is 3. The lowest BCUT2D eigenvalue weighted by Crippen LogP contribution is -2.17. The lowest BCUT2D eigenvalue weighted by molar-refractivity contribution is 0.101. The molecule has 0 aliphatic carbocycles. The molecular formula is C15H21BrN4O. The summed E-state index contributed by atoms with van der Waals surface area (Å²) in [4.78, 5) is 12.5. The van der Waals surface area contributed by atoms with Gasteiger partial charge in [0.05, 0.1) is 17.1 Å². The summed E-state index contributed by atoms with van der Waals surface area (Å²) < 4.78 is 4.75. The molecule has 0 unspecified atom stereocenters. The summed E-state index contributed by atoms with van der Waals surface area (Å²) in [7, 11) is 0. The summed E-state index contributed by atoms with van der Waals surface area (Å²) in [5.41, 5.74) is 3.25. The minimum atomic E-state index is -0.114. The highest BCUT2D eigenvalue weighted by molar-refractivity contribution is 9.10. The Balaban J connectivity index is 2.32. The molecule has 5 nitrogen and oxygen atoms in total. The monoisotopic (exact) mass is 352 g/mol. The molecule has 0 aliphatic heterocycles. The van der Waals surface area contributed by atoms with E-state index in [1.807, 2.05) is 42.3 Å². The number of hydrogen-bond acceptors (Lipinski definition) is 2. The first-order valence-corrected chi connectivity index (χ1v) is 7.87. The van der Waals surface area contributed by atoms with Crippen molar-refractivity contribution in [3.63, 3.8) is 0 Å². The van der Waals surface area contributed by atoms with Crippen LogP contribution >= 0.6 is 15.9 Å². The molecule has 0 spiro atoms. The van der Waals surface area contributed by atoms with E-state index in [2.05, 4.69) is 40.2 Å². The van der Waals surface area contributed by atoms with Gasteiger partial charge in [0.25, 0.3) is 5.91 Å². The number of anilines is 1. The van der Waals surface area contributed by atoms with Gasteiger partial charge in [-0.05, 0) is 56.6 Å². The molecule has 0 saturated heterocycles. The number of aryl methyl sites for hydroxylation is 2. The summed E-state index contributed by atoms with van der Waals surface area (Å²) in [6.07, 6.45) is 1.91. The maximum absolute atomic E-state index is 12.5. The first-order chi connectivity index (χ1) is 9.85. The zero-order valence-electron chi connectivity index (χ0n) is 13.1. The standard InChI is InChI=1S/C15H21BrN4O/c1-6-19-8-12(16)7-13(19)15(21)17-14-10(4)18-20(9(2)3)11(14)5/h7-9H,6H2,1-5H3,(H,17,21). The minimum Gasteiger partial charge on any atom is -0.343 e. The van der Waals surface area contributed by atoms with Crippen LogP contribution in [0.5, 0.6) is 0 Å². The smallest absolute Gasteiger partial charge is 0.272 e. The third-order valence-electron chi connectivity index (χ3n) is 3.49. The van der Waals surface area contributed by atoms with Crippen LogP contribution in [0.25, 0.3) is 0 Å². The van der Waals surface area contributed by atoms with Gasteiger partial charge in [0.1, 0.15) is 5.69 Å². The van der Waals surface area contributed by atoms with Gasteiger partial charge < -0.3 is 9.88 Å². The van der Waals surface area contributed by atoms with Gasteiger partial charge in [-0.2, -0.15) is 5.10 Å². The van der Waals surface area contributed by atoms with E-state index in [1.54, 1.807) is 0 Å². The molecule has 0 bridgehead atoms. The molecule has 6 heteroatoms. The zero-order chi connectivity index (χ0) is 15.7. The second-order valence-corrected chi connectivity index (χ2v) is 6.28. The highest BCUT2D eigenvalue weighted by Gasteiger charge is 2.18. The van der Waals surface area contributed by atoms with Crippen molar-refractivity contribution in [2.24, 2.45) is 0 Å². The Kier molecular flexibility index (Phi) is 4.56. The maximum Gasteiger partial charge on any atom is 0.272 e. The third-order valence-corrected chi connectivity index (χ3v) is 3.92. The predicted octanol–water partition coefficient (Wildman–Crippen LogP) is 3.92. The molecule has 2 rings (SSSR count). The molecule has 2 aromatic rings. The second-order valence-electron chi connectivity index (χ2n) is 5.37. The third kappa shape index (κ3) is 3.05. The van der Waals surface area contributed by atoms with Gasteiger partial charge >= 0.3 is 0 Å². The van der Waals surface area contributed by atoms with Gasteiger partial charge in [-0.25, -0.2) is 0 Å². The van der Waals surface area contributed by atoms with E-state index < -0.39 is 0 Å². The molecule has 21 heavy (non-hydrogen) atoms. The molecule has 1 amide bonds. The van der Waals surface area contributed by atoms with Crippen LogP contribution in [0.3, 0.4) is 0 Å². The number of amides is 1. The number of hydrogen-bond donors (Lipinski definition) is 1. The van der Waals surface area contributed by atoms with Crippen molar-refractivity contribution in [3.05, 3.63) is 33.8 Å². The molecule has 0 aromatic carbocycles. The largest absolute Gasteiger partial charge is 0.343 e. The zero-order valence-corrected chi connectivity index (χ0v) is 14.7. The van der Waals surface area contributed by atoms with Crippen molar-refractivity contribution in [2.75, 3.05) is 5.32 Å². The highest BCUT2D eigenvalue weighted by Crippen LogP contribution is 2.24. The molecule has 114 valence electrons. The Labute approximate surface area is 133 Å². The number of nitrogens with one attached hydrogen (secondary N) is 1. The van der Waals surface area contributed by atoms with Gasteiger partial charge in [-0.1, -0.05) is 0 Å². The molecule has 0 aliphatic rings. The number of carbonyl (C=O) groups excluding carboxylic acids is 1. The van der Waals surface area contributed by atoms with Gasteiger partial charge in [0.15, 0.2) is 0 Å². The summed E-state index contributed by atoms with van der Waals surface area (Å²) in [6, 6.07) is 2.10. The Hall–Kier alpha value is -1.56. The van der Waals surface area contributed by atoms with E-state index in [0.717, 1.165) is 28.1 Å². The van der Waals surface area contributed by atoms with Crippen molar-refractivity contribution < 1.29 is 4.79 Å². The Bertz CT molecular complexity index is 670. The van der Waals surface area contributed by atoms with Crippen LogP contribution in [-0.2, 0) is 6.54 Å². The molecule has 0 saturated carbocycles. The van der Waals surface area contributed by atoms with Gasteiger partial charge in [-0.15, -0.1) is 0 Å². The van der Waals surface area contributed by atoms with Crippen molar-refractivity contribution in [1.29, 1.82) is 0 Å². The average molecular weight is 353 g/mol. The highest BCUT2D eigenvalue weighted by atomic mass is 79.9. The van der Waals surface area contributed by atoms with E-state index in [4.69, 9.17) is 0 Å². The second kappa shape index (κ2) is 6.05. The van der Waals surface area contributed by atoms with Crippen molar-refractivity contribution in [1.82, 2.24) is 14.3 Å². The number of carbonyl (C=O) groups is 1. The fraction of sp³-hybridized carbons (Fsp3) is 0.467. The lowest BCUT2D eigenvalue weighted by atomic mass is 10.3. The van der Waals surface area contributed by atoms with Gasteiger partial charge in [0.2, 0.25) is 0 Å². The van der Waals surface area contributed by atoms with Crippen LogP contribution in [0.2, 0.25) is 0 Å². The molecule has 0 fully saturated rings. The topological polar surface area (TPSA) is 51.9 Å². The van der Waals surface area contributed by atoms with Gasteiger partial charge in [0, 0.05) is 23.3 Å². The molecular weight excluding hydrogens is 332 g/mol. The first-order valence-electron chi connectivity index (χ1n) is 7.07. The van der Waals surface area contributed by atoms with Crippen LogP contribution in [0.4, 0.5) is 5.69 Å². The van der Waals surface area contributed by atoms with E-state index in [9.17, 15) is 4.79 Å². The minimum absolute atomic E-state index is 0.114. The van der Waals surface area contributed by atoms with Crippen molar-refractivity contribution in [3.8, 4) is 0 Å². The fourth-order valence-electron chi connectivity index (χ4n) is 2.45. The fourth-order valence-corrected chi connectivity index (χ4v) is 2.91. The lowest BCUT2D eigenvalue weighted by Gasteiger charge is -2.10. The SMILES string of the molecule is CCn1cc(Br)cc1C(=O)Nc1c(C)nn(C(C)C)c1C. The number of rotatable bonds is 4. The van der Waals surface area contributed by atoms with Gasteiger partial charge in [-0.3, -0.25) is 9.48 Å². The normalized spacial score (nSPS) is 11.2. The van der Waals surface area contributed by atoms with Crippen LogP contribution in [0.1, 0.15) is 48.7 Å². The molecule has 0 atom stereocenters. The molecule has 2 heterocycles. The Morgan fingerprint density at radius 3 is 2.62 bits per heavy atom. The van der Waals surface area contributed by atoms with Crippen LogP contribution in [-0.4, -0.2) is 20.3 Å². The van der Waals surface area contributed by atoms with Crippen LogP contribution in [0.15, 0.2) is 16.7 Å². The number of halogens is 1. The number of aromatic nitrogens is 3. The molecule has 0 radical (unpaired) electrons. The Morgan fingerprint density at radius 1 is 1.43 bits per heavy atom. The van der Waals surface area contributed by atoms with Crippen molar-refractivity contribution >= 4 is 27.5 Å². The van der Waals surface area contributed by atoms with E-state index >= 15 is 0 Å². The molecule has 2 aromatic heterocycles. The maximum atomic E-state index is 12.5. The van der Waals surface area contributed by atoms with Crippen LogP contribution < -0.4 is 5.32 Å². The van der Waals surface area contributed by atoms with E-state index in [-0.39, 0.29) is 11.9 Å². The van der Waals surface area contributed by atoms with E-state index in [1.165, 1.54) is 0 Å². The van der Waals surface area contributed by atoms with Crippen molar-refractivity contribution in [2.45, 2.75) is 47.2 Å². The first kappa shape index (κ1) is 15.8. The summed E-state index contributed by atoms with van der Waals surface area (Å²) in [6.45, 7) is 10.8. The quantitative estimate of drug-likeness (QED) is 0.906. The van der Waals surface area contributed by atoms with E-state index in [0.29, 0.717) is 5.69 Å². The van der Waals surface area contributed by atoms with Crippen LogP contribution in [0, 0.1) is 13.8 Å². The average Bonchev–Trinajstić information content (AvgIpc) is 2.93.